The average molecular weight is 570 g/mol. The van der Waals surface area contributed by atoms with Crippen LogP contribution in [0.15, 0.2) is 45.1 Å². The number of methoxy groups -OCH3 is 1. The van der Waals surface area contributed by atoms with Crippen molar-refractivity contribution >= 4 is 41.3 Å². The summed E-state index contributed by atoms with van der Waals surface area (Å²) < 4.78 is 10.8. The first kappa shape index (κ1) is 26.1. The average Bonchev–Trinajstić information content (AvgIpc) is 3.36. The van der Waals surface area contributed by atoms with E-state index < -0.39 is 5.60 Å². The van der Waals surface area contributed by atoms with Crippen molar-refractivity contribution in [1.82, 2.24) is 15.6 Å². The number of hydrogen-bond acceptors (Lipinski definition) is 6. The second-order valence-corrected chi connectivity index (χ2v) is 8.38. The number of halogens is 1. The molecule has 3 aromatic rings. The van der Waals surface area contributed by atoms with Gasteiger partial charge < -0.3 is 24.9 Å². The first-order valence-corrected chi connectivity index (χ1v) is 11.1. The number of nitrogens with one attached hydrogen (secondary N) is 2. The molecule has 7 nitrogen and oxygen atoms in total. The van der Waals surface area contributed by atoms with Gasteiger partial charge in [-0.05, 0) is 58.0 Å². The molecule has 0 amide bonds. The largest absolute Gasteiger partial charge is 0.497 e. The molecule has 0 aliphatic carbocycles. The molecule has 0 aliphatic rings. The summed E-state index contributed by atoms with van der Waals surface area (Å²) in [6.07, 6.45) is 0. The van der Waals surface area contributed by atoms with Gasteiger partial charge in [0.15, 0.2) is 5.96 Å². The number of aryl methyl sites for hydroxylation is 2. The van der Waals surface area contributed by atoms with E-state index in [0.717, 1.165) is 39.1 Å². The Labute approximate surface area is 210 Å². The third-order valence-electron chi connectivity index (χ3n) is 4.85. The summed E-state index contributed by atoms with van der Waals surface area (Å²) in [5.41, 5.74) is 1.63. The Balaban J connectivity index is 0.00000363. The van der Waals surface area contributed by atoms with E-state index in [1.807, 2.05) is 56.5 Å². The number of aliphatic hydroxyl groups is 1. The number of thiazole rings is 1. The molecule has 3 N–H and O–H groups in total. The van der Waals surface area contributed by atoms with Crippen LogP contribution in [-0.4, -0.2) is 36.2 Å². The van der Waals surface area contributed by atoms with Gasteiger partial charge in [-0.15, -0.1) is 35.3 Å². The van der Waals surface area contributed by atoms with E-state index in [4.69, 9.17) is 14.1 Å². The zero-order valence-corrected chi connectivity index (χ0v) is 22.2. The van der Waals surface area contributed by atoms with Crippen LogP contribution in [0, 0.1) is 13.8 Å². The number of guanidine groups is 1. The van der Waals surface area contributed by atoms with Crippen LogP contribution in [0.2, 0.25) is 0 Å². The van der Waals surface area contributed by atoms with E-state index in [9.17, 15) is 5.11 Å². The minimum Gasteiger partial charge on any atom is -0.497 e. The van der Waals surface area contributed by atoms with Crippen molar-refractivity contribution in [3.63, 3.8) is 0 Å². The summed E-state index contributed by atoms with van der Waals surface area (Å²) in [5.74, 6) is 2.95. The van der Waals surface area contributed by atoms with Crippen LogP contribution in [0.3, 0.4) is 0 Å². The van der Waals surface area contributed by atoms with Crippen molar-refractivity contribution in [2.75, 3.05) is 20.2 Å². The number of rotatable bonds is 8. The van der Waals surface area contributed by atoms with E-state index in [1.54, 1.807) is 25.4 Å². The molecule has 0 aliphatic heterocycles. The van der Waals surface area contributed by atoms with Crippen LogP contribution in [0.5, 0.6) is 5.75 Å². The quantitative estimate of drug-likeness (QED) is 0.208. The highest BCUT2D eigenvalue weighted by Crippen LogP contribution is 2.27. The predicted octanol–water partition coefficient (Wildman–Crippen LogP) is 4.61. The highest BCUT2D eigenvalue weighted by molar-refractivity contribution is 14.0. The lowest BCUT2D eigenvalue weighted by atomic mass is 9.96. The maximum absolute atomic E-state index is 10.9. The fourth-order valence-electron chi connectivity index (χ4n) is 3.26. The van der Waals surface area contributed by atoms with Crippen LogP contribution in [-0.2, 0) is 12.1 Å². The minimum atomic E-state index is -1.08. The molecule has 32 heavy (non-hydrogen) atoms. The second kappa shape index (κ2) is 11.7. The highest BCUT2D eigenvalue weighted by atomic mass is 127. The second-order valence-electron chi connectivity index (χ2n) is 7.52. The normalized spacial score (nSPS) is 13.2. The molecule has 2 aromatic heterocycles. The van der Waals surface area contributed by atoms with Gasteiger partial charge in [0.2, 0.25) is 0 Å². The van der Waals surface area contributed by atoms with Crippen LogP contribution in [0.25, 0.3) is 10.6 Å². The summed E-state index contributed by atoms with van der Waals surface area (Å²) in [4.78, 5) is 9.32. The first-order chi connectivity index (χ1) is 14.8. The van der Waals surface area contributed by atoms with Crippen LogP contribution < -0.4 is 15.4 Å². The lowest BCUT2D eigenvalue weighted by molar-refractivity contribution is 0.0601. The molecule has 1 atom stereocenters. The molecule has 0 saturated carbocycles. The molecule has 0 fully saturated rings. The lowest BCUT2D eigenvalue weighted by Crippen LogP contribution is -2.44. The van der Waals surface area contributed by atoms with Crippen molar-refractivity contribution in [1.29, 1.82) is 0 Å². The summed E-state index contributed by atoms with van der Waals surface area (Å²) >= 11 is 1.59. The highest BCUT2D eigenvalue weighted by Gasteiger charge is 2.27. The summed E-state index contributed by atoms with van der Waals surface area (Å²) in [6.45, 7) is 8.96. The van der Waals surface area contributed by atoms with Gasteiger partial charge >= 0.3 is 0 Å². The van der Waals surface area contributed by atoms with E-state index in [0.29, 0.717) is 25.6 Å². The predicted molar refractivity (Wildman–Crippen MR) is 140 cm³/mol. The molecule has 3 rings (SSSR count). The standard InChI is InChI=1S/C23H30N4O3S.HI/c1-6-24-22(26-14-23(4,28)20-11-15(2)30-16(20)3)25-12-18-13-31-21(27-18)17-7-9-19(29-5)10-8-17;/h7-11,13,28H,6,12,14H2,1-5H3,(H2,24,25,26);1H. The summed E-state index contributed by atoms with van der Waals surface area (Å²) in [6, 6.07) is 9.72. The van der Waals surface area contributed by atoms with E-state index in [2.05, 4.69) is 15.6 Å². The van der Waals surface area contributed by atoms with E-state index in [1.165, 1.54) is 0 Å². The van der Waals surface area contributed by atoms with Gasteiger partial charge in [-0.2, -0.15) is 0 Å². The molecule has 0 radical (unpaired) electrons. The number of aliphatic imine (C=N–C) groups is 1. The Bertz CT molecular complexity index is 1030. The Morgan fingerprint density at radius 1 is 1.25 bits per heavy atom. The molecular formula is C23H31IN4O3S. The molecule has 174 valence electrons. The molecule has 1 aromatic carbocycles. The Morgan fingerprint density at radius 3 is 2.56 bits per heavy atom. The smallest absolute Gasteiger partial charge is 0.191 e. The van der Waals surface area contributed by atoms with Crippen molar-refractivity contribution in [2.24, 2.45) is 4.99 Å². The van der Waals surface area contributed by atoms with Crippen LogP contribution >= 0.6 is 35.3 Å². The molecular weight excluding hydrogens is 539 g/mol. The summed E-state index contributed by atoms with van der Waals surface area (Å²) in [5, 5.41) is 20.3. The summed E-state index contributed by atoms with van der Waals surface area (Å²) in [7, 11) is 1.65. The zero-order chi connectivity index (χ0) is 22.4. The van der Waals surface area contributed by atoms with Crippen molar-refractivity contribution in [3.05, 3.63) is 58.5 Å². The molecule has 0 spiro atoms. The minimum absolute atomic E-state index is 0. The number of aromatic nitrogens is 1. The van der Waals surface area contributed by atoms with Gasteiger partial charge in [-0.1, -0.05) is 0 Å². The van der Waals surface area contributed by atoms with Gasteiger partial charge in [0.05, 0.1) is 25.9 Å². The van der Waals surface area contributed by atoms with Gasteiger partial charge in [0.1, 0.15) is 27.9 Å². The molecule has 0 saturated heterocycles. The topological polar surface area (TPSA) is 91.9 Å². The number of hydrogen-bond donors (Lipinski definition) is 3. The van der Waals surface area contributed by atoms with Crippen molar-refractivity contribution < 1.29 is 14.3 Å². The number of nitrogens with zero attached hydrogens (tertiary/aromatic N) is 2. The van der Waals surface area contributed by atoms with Gasteiger partial charge in [0, 0.05) is 23.1 Å². The number of ether oxygens (including phenoxy) is 1. The van der Waals surface area contributed by atoms with E-state index in [-0.39, 0.29) is 24.0 Å². The Hall–Kier alpha value is -2.11. The van der Waals surface area contributed by atoms with Crippen molar-refractivity contribution in [3.8, 4) is 16.3 Å². The third-order valence-corrected chi connectivity index (χ3v) is 5.79. The lowest BCUT2D eigenvalue weighted by Gasteiger charge is -2.24. The molecule has 0 bridgehead atoms. The Morgan fingerprint density at radius 2 is 1.97 bits per heavy atom. The van der Waals surface area contributed by atoms with Gasteiger partial charge in [-0.25, -0.2) is 9.98 Å². The van der Waals surface area contributed by atoms with Gasteiger partial charge in [0.25, 0.3) is 0 Å². The fraction of sp³-hybridized carbons (Fsp3) is 0.391. The number of furan rings is 1. The molecule has 1 unspecified atom stereocenters. The van der Waals surface area contributed by atoms with Crippen molar-refractivity contribution in [2.45, 2.75) is 39.8 Å². The van der Waals surface area contributed by atoms with Gasteiger partial charge in [-0.3, -0.25) is 0 Å². The molecule has 9 heteroatoms. The first-order valence-electron chi connectivity index (χ1n) is 10.2. The zero-order valence-electron chi connectivity index (χ0n) is 19.1. The van der Waals surface area contributed by atoms with Crippen LogP contribution in [0.1, 0.15) is 36.6 Å². The SMILES string of the molecule is CCNC(=NCc1csc(-c2ccc(OC)cc2)n1)NCC(C)(O)c1cc(C)oc1C.I. The fourth-order valence-corrected chi connectivity index (χ4v) is 4.08. The van der Waals surface area contributed by atoms with Crippen LogP contribution in [0.4, 0.5) is 0 Å². The maximum Gasteiger partial charge on any atom is 0.191 e. The third kappa shape index (κ3) is 6.69. The Kier molecular flexibility index (Phi) is 9.53. The monoisotopic (exact) mass is 570 g/mol. The number of benzene rings is 1. The molecule has 2 heterocycles. The van der Waals surface area contributed by atoms with E-state index >= 15 is 0 Å². The maximum atomic E-state index is 10.9.